The molecular formula is C20H19F3N4OS. The first kappa shape index (κ1) is 19.5. The molecule has 3 heterocycles. The predicted octanol–water partition coefficient (Wildman–Crippen LogP) is 4.58. The molecule has 0 bridgehead atoms. The van der Waals surface area contributed by atoms with Crippen LogP contribution in [0.3, 0.4) is 0 Å². The molecule has 5 nitrogen and oxygen atoms in total. The number of carbonyl (C=O) groups excluding carboxylic acids is 1. The molecule has 0 radical (unpaired) electrons. The highest BCUT2D eigenvalue weighted by Gasteiger charge is 2.47. The summed E-state index contributed by atoms with van der Waals surface area (Å²) in [5.41, 5.74) is 1.19. The van der Waals surface area contributed by atoms with Crippen LogP contribution in [0.15, 0.2) is 54.0 Å². The van der Waals surface area contributed by atoms with Gasteiger partial charge >= 0.3 is 6.18 Å². The van der Waals surface area contributed by atoms with Gasteiger partial charge < -0.3 is 10.6 Å². The molecule has 0 fully saturated rings. The molecule has 0 aliphatic carbocycles. The number of benzene rings is 1. The summed E-state index contributed by atoms with van der Waals surface area (Å²) in [7, 11) is 0. The molecule has 2 N–H and O–H groups in total. The zero-order valence-corrected chi connectivity index (χ0v) is 16.1. The highest BCUT2D eigenvalue weighted by molar-refractivity contribution is 7.10. The number of hydrogen-bond donors (Lipinski definition) is 2. The van der Waals surface area contributed by atoms with Crippen LogP contribution in [0.2, 0.25) is 0 Å². The van der Waals surface area contributed by atoms with Crippen molar-refractivity contribution in [3.05, 3.63) is 70.0 Å². The monoisotopic (exact) mass is 420 g/mol. The van der Waals surface area contributed by atoms with Gasteiger partial charge in [-0.05, 0) is 23.4 Å². The number of carbonyl (C=O) groups is 1. The maximum atomic E-state index is 13.6. The maximum absolute atomic E-state index is 13.6. The summed E-state index contributed by atoms with van der Waals surface area (Å²) < 4.78 is 41.8. The Bertz CT molecular complexity index is 970. The minimum absolute atomic E-state index is 0.106. The standard InChI is InChI=1S/C20H19F3N4OS/c21-20(22,23)17-11-15(16-7-4-10-29-16)26-18-14(12-25-27(17)18)19(28)24-9-8-13-5-2-1-3-6-13/h1-7,10,12,15,17,26H,8-9,11H2,(H,24,28)/t15-,17-/m1/s1. The van der Waals surface area contributed by atoms with Gasteiger partial charge in [-0.3, -0.25) is 4.79 Å². The van der Waals surface area contributed by atoms with Crippen molar-refractivity contribution in [3.8, 4) is 0 Å². The first-order chi connectivity index (χ1) is 13.9. The summed E-state index contributed by atoms with van der Waals surface area (Å²) in [6.45, 7) is 0.379. The largest absolute Gasteiger partial charge is 0.410 e. The van der Waals surface area contributed by atoms with Crippen molar-refractivity contribution >= 4 is 23.1 Å². The molecule has 1 aliphatic rings. The number of rotatable bonds is 5. The quantitative estimate of drug-likeness (QED) is 0.635. The number of nitrogens with zero attached hydrogens (tertiary/aromatic N) is 2. The van der Waals surface area contributed by atoms with E-state index in [4.69, 9.17) is 0 Å². The van der Waals surface area contributed by atoms with Crippen molar-refractivity contribution < 1.29 is 18.0 Å². The van der Waals surface area contributed by atoms with Crippen LogP contribution < -0.4 is 10.6 Å². The van der Waals surface area contributed by atoms with E-state index >= 15 is 0 Å². The van der Waals surface area contributed by atoms with Gasteiger partial charge in [-0.15, -0.1) is 11.3 Å². The zero-order valence-electron chi connectivity index (χ0n) is 15.3. The summed E-state index contributed by atoms with van der Waals surface area (Å²) in [4.78, 5) is 13.4. The molecule has 0 spiro atoms. The third-order valence-corrected chi connectivity index (χ3v) is 5.90. The molecule has 1 aromatic carbocycles. The van der Waals surface area contributed by atoms with Crippen molar-refractivity contribution in [2.75, 3.05) is 11.9 Å². The second-order valence-corrected chi connectivity index (χ2v) is 7.83. The Labute approximate surface area is 169 Å². The molecule has 3 aromatic rings. The summed E-state index contributed by atoms with van der Waals surface area (Å²) in [6.07, 6.45) is -2.80. The van der Waals surface area contributed by atoms with Crippen molar-refractivity contribution in [3.63, 3.8) is 0 Å². The third-order valence-electron chi connectivity index (χ3n) is 4.91. The van der Waals surface area contributed by atoms with E-state index in [1.54, 1.807) is 12.1 Å². The first-order valence-electron chi connectivity index (χ1n) is 9.20. The molecule has 1 aliphatic heterocycles. The lowest BCUT2D eigenvalue weighted by Gasteiger charge is -2.33. The Kier molecular flexibility index (Phi) is 5.31. The number of thiophene rings is 1. The van der Waals surface area contributed by atoms with Gasteiger partial charge in [0.05, 0.1) is 12.2 Å². The van der Waals surface area contributed by atoms with Crippen LogP contribution in [0.1, 0.15) is 39.3 Å². The third kappa shape index (κ3) is 4.14. The summed E-state index contributed by atoms with van der Waals surface area (Å²) in [5.74, 6) is -0.336. The van der Waals surface area contributed by atoms with E-state index in [2.05, 4.69) is 15.7 Å². The normalized spacial score (nSPS) is 18.7. The SMILES string of the molecule is O=C(NCCc1ccccc1)c1cnn2c1N[C@@H](c1cccs1)C[C@@H]2C(F)(F)F. The van der Waals surface area contributed by atoms with E-state index in [1.807, 2.05) is 35.7 Å². The second-order valence-electron chi connectivity index (χ2n) is 6.85. The van der Waals surface area contributed by atoms with Crippen LogP contribution in [0, 0.1) is 0 Å². The highest BCUT2D eigenvalue weighted by Crippen LogP contribution is 2.44. The minimum Gasteiger partial charge on any atom is -0.362 e. The molecule has 2 aromatic heterocycles. The van der Waals surface area contributed by atoms with Crippen LogP contribution >= 0.6 is 11.3 Å². The lowest BCUT2D eigenvalue weighted by atomic mass is 10.0. The fraction of sp³-hybridized carbons (Fsp3) is 0.300. The van der Waals surface area contributed by atoms with E-state index in [1.165, 1.54) is 17.5 Å². The van der Waals surface area contributed by atoms with Crippen LogP contribution in [-0.2, 0) is 6.42 Å². The number of hydrogen-bond acceptors (Lipinski definition) is 4. The Balaban J connectivity index is 1.54. The summed E-state index contributed by atoms with van der Waals surface area (Å²) in [6, 6.07) is 10.9. The molecular weight excluding hydrogens is 401 g/mol. The molecule has 1 amide bonds. The predicted molar refractivity (Wildman–Crippen MR) is 105 cm³/mol. The fourth-order valence-electron chi connectivity index (χ4n) is 3.47. The van der Waals surface area contributed by atoms with Gasteiger partial charge in [0.1, 0.15) is 11.4 Å². The van der Waals surface area contributed by atoms with E-state index < -0.39 is 24.2 Å². The molecule has 4 rings (SSSR count). The van der Waals surface area contributed by atoms with Crippen molar-refractivity contribution in [1.82, 2.24) is 15.1 Å². The van der Waals surface area contributed by atoms with Gasteiger partial charge in [0.25, 0.3) is 5.91 Å². The second kappa shape index (κ2) is 7.90. The fourth-order valence-corrected chi connectivity index (χ4v) is 4.26. The van der Waals surface area contributed by atoms with Gasteiger partial charge in [-0.2, -0.15) is 18.3 Å². The topological polar surface area (TPSA) is 59.0 Å². The van der Waals surface area contributed by atoms with Crippen molar-refractivity contribution in [2.45, 2.75) is 31.1 Å². The van der Waals surface area contributed by atoms with Gasteiger partial charge in [-0.1, -0.05) is 36.4 Å². The molecule has 29 heavy (non-hydrogen) atoms. The summed E-state index contributed by atoms with van der Waals surface area (Å²) in [5, 5.41) is 11.6. The molecule has 0 unspecified atom stereocenters. The Morgan fingerprint density at radius 1 is 1.24 bits per heavy atom. The Hall–Kier alpha value is -2.81. The number of alkyl halides is 3. The minimum atomic E-state index is -4.46. The van der Waals surface area contributed by atoms with Crippen molar-refractivity contribution in [1.29, 1.82) is 0 Å². The molecule has 9 heteroatoms. The maximum Gasteiger partial charge on any atom is 0.410 e. The molecule has 2 atom stereocenters. The van der Waals surface area contributed by atoms with Gasteiger partial charge in [0, 0.05) is 17.8 Å². The highest BCUT2D eigenvalue weighted by atomic mass is 32.1. The van der Waals surface area contributed by atoms with E-state index in [0.29, 0.717) is 13.0 Å². The van der Waals surface area contributed by atoms with Gasteiger partial charge in [-0.25, -0.2) is 4.68 Å². The average Bonchev–Trinajstić information content (AvgIpc) is 3.37. The number of nitrogens with one attached hydrogen (secondary N) is 2. The Morgan fingerprint density at radius 3 is 2.72 bits per heavy atom. The summed E-state index contributed by atoms with van der Waals surface area (Å²) >= 11 is 1.39. The smallest absolute Gasteiger partial charge is 0.362 e. The van der Waals surface area contributed by atoms with E-state index in [-0.39, 0.29) is 17.8 Å². The number of fused-ring (bicyclic) bond motifs is 1. The number of halogens is 3. The van der Waals surface area contributed by atoms with E-state index in [9.17, 15) is 18.0 Å². The van der Waals surface area contributed by atoms with Crippen LogP contribution in [0.5, 0.6) is 0 Å². The number of anilines is 1. The van der Waals surface area contributed by atoms with Crippen LogP contribution in [-0.4, -0.2) is 28.4 Å². The van der Waals surface area contributed by atoms with Gasteiger partial charge in [0.2, 0.25) is 0 Å². The van der Waals surface area contributed by atoms with Crippen molar-refractivity contribution in [2.24, 2.45) is 0 Å². The van der Waals surface area contributed by atoms with Crippen LogP contribution in [0.25, 0.3) is 0 Å². The zero-order chi connectivity index (χ0) is 20.4. The molecule has 0 saturated carbocycles. The molecule has 0 saturated heterocycles. The van der Waals surface area contributed by atoms with Gasteiger partial charge in [0.15, 0.2) is 6.04 Å². The lowest BCUT2D eigenvalue weighted by molar-refractivity contribution is -0.173. The average molecular weight is 420 g/mol. The Morgan fingerprint density at radius 2 is 2.03 bits per heavy atom. The molecule has 152 valence electrons. The number of amides is 1. The number of aromatic nitrogens is 2. The van der Waals surface area contributed by atoms with E-state index in [0.717, 1.165) is 15.1 Å². The lowest BCUT2D eigenvalue weighted by Crippen LogP contribution is -2.36. The first-order valence-corrected chi connectivity index (χ1v) is 10.1. The van der Waals surface area contributed by atoms with Crippen LogP contribution in [0.4, 0.5) is 19.0 Å².